The van der Waals surface area contributed by atoms with Gasteiger partial charge in [-0.2, -0.15) is 5.10 Å². The molecule has 204 valence electrons. The van der Waals surface area contributed by atoms with Gasteiger partial charge < -0.3 is 9.64 Å². The predicted molar refractivity (Wildman–Crippen MR) is 143 cm³/mol. The Bertz CT molecular complexity index is 1270. The Labute approximate surface area is 226 Å². The number of hydrazone groups is 1. The van der Waals surface area contributed by atoms with E-state index in [0.717, 1.165) is 30.4 Å². The lowest BCUT2D eigenvalue weighted by Crippen LogP contribution is -2.45. The van der Waals surface area contributed by atoms with E-state index in [9.17, 15) is 19.2 Å². The van der Waals surface area contributed by atoms with E-state index in [1.807, 2.05) is 41.3 Å². The highest BCUT2D eigenvalue weighted by atomic mass is 16.5. The summed E-state index contributed by atoms with van der Waals surface area (Å²) < 4.78 is 5.76. The molecule has 0 bridgehead atoms. The van der Waals surface area contributed by atoms with Gasteiger partial charge in [-0.05, 0) is 67.5 Å². The van der Waals surface area contributed by atoms with Gasteiger partial charge in [0.05, 0.1) is 12.3 Å². The van der Waals surface area contributed by atoms with Crippen LogP contribution in [0.2, 0.25) is 0 Å². The Hall–Kier alpha value is -4.31. The molecule has 3 amide bonds. The van der Waals surface area contributed by atoms with E-state index >= 15 is 0 Å². The van der Waals surface area contributed by atoms with Crippen molar-refractivity contribution in [3.8, 4) is 0 Å². The minimum atomic E-state index is -0.723. The number of benzene rings is 2. The SMILES string of the molecule is O=C1CC/C=C/CCC(=O)N(Cc2cccc(/C=N/NC(=O)c3cccc(C(=O)NO)c3)c2)[C@H]2CCC[C@@H]2O1. The number of ether oxygens (including phenoxy) is 1. The minimum absolute atomic E-state index is 0.0246. The number of allylic oxidation sites excluding steroid dienone is 2. The van der Waals surface area contributed by atoms with Gasteiger partial charge in [-0.15, -0.1) is 0 Å². The summed E-state index contributed by atoms with van der Waals surface area (Å²) in [5, 5.41) is 12.8. The molecule has 3 N–H and O–H groups in total. The largest absolute Gasteiger partial charge is 0.460 e. The zero-order valence-corrected chi connectivity index (χ0v) is 21.5. The molecular weight excluding hydrogens is 500 g/mol. The summed E-state index contributed by atoms with van der Waals surface area (Å²) in [5.74, 6) is -1.44. The fraction of sp³-hybridized carbons (Fsp3) is 0.345. The number of carbonyl (C=O) groups is 4. The van der Waals surface area contributed by atoms with Crippen LogP contribution in [-0.4, -0.2) is 52.2 Å². The fourth-order valence-electron chi connectivity index (χ4n) is 4.87. The van der Waals surface area contributed by atoms with E-state index in [1.165, 1.54) is 36.0 Å². The van der Waals surface area contributed by atoms with Crippen LogP contribution in [0.15, 0.2) is 65.8 Å². The topological polar surface area (TPSA) is 137 Å². The van der Waals surface area contributed by atoms with Gasteiger partial charge in [0.25, 0.3) is 11.8 Å². The Balaban J connectivity index is 1.45. The highest BCUT2D eigenvalue weighted by Gasteiger charge is 2.37. The predicted octanol–water partition coefficient (Wildman–Crippen LogP) is 3.49. The number of hydrogen-bond acceptors (Lipinski definition) is 7. The molecule has 10 heteroatoms. The highest BCUT2D eigenvalue weighted by molar-refractivity contribution is 5.99. The third-order valence-corrected chi connectivity index (χ3v) is 6.80. The van der Waals surface area contributed by atoms with Crippen molar-refractivity contribution in [1.29, 1.82) is 0 Å². The van der Waals surface area contributed by atoms with Crippen LogP contribution >= 0.6 is 0 Å². The van der Waals surface area contributed by atoms with Crippen molar-refractivity contribution >= 4 is 29.9 Å². The number of hydroxylamine groups is 1. The third kappa shape index (κ3) is 7.61. The van der Waals surface area contributed by atoms with E-state index in [2.05, 4.69) is 10.5 Å². The van der Waals surface area contributed by atoms with Gasteiger partial charge in [0.2, 0.25) is 5.91 Å². The number of fused-ring (bicyclic) bond motifs is 1. The van der Waals surface area contributed by atoms with Crippen LogP contribution in [0.4, 0.5) is 0 Å². The third-order valence-electron chi connectivity index (χ3n) is 6.80. The molecule has 1 aliphatic heterocycles. The maximum absolute atomic E-state index is 13.2. The lowest BCUT2D eigenvalue weighted by atomic mass is 10.1. The monoisotopic (exact) mass is 532 g/mol. The molecule has 2 atom stereocenters. The first-order valence-electron chi connectivity index (χ1n) is 13.1. The average molecular weight is 533 g/mol. The van der Waals surface area contributed by atoms with Crippen molar-refractivity contribution < 1.29 is 29.1 Å². The van der Waals surface area contributed by atoms with Crippen molar-refractivity contribution in [3.05, 3.63) is 82.9 Å². The van der Waals surface area contributed by atoms with Gasteiger partial charge in [0, 0.05) is 30.5 Å². The standard InChI is InChI=1S/C29H32N4O6/c34-26-14-3-1-2-4-15-27(35)39-25-13-7-12-24(25)33(26)19-21-9-5-8-20(16-21)18-30-31-28(36)22-10-6-11-23(17-22)29(37)32-38/h1-2,5-6,8-11,16-18,24-25,38H,3-4,7,12-15,19H2,(H,31,36)(H,32,37)/b2-1+,30-18+/t24-,25-/m0/s1. The average Bonchev–Trinajstić information content (AvgIpc) is 3.40. The number of amides is 3. The zero-order valence-electron chi connectivity index (χ0n) is 21.5. The van der Waals surface area contributed by atoms with Crippen LogP contribution in [0.25, 0.3) is 0 Å². The Kier molecular flexibility index (Phi) is 9.58. The second kappa shape index (κ2) is 13.5. The summed E-state index contributed by atoms with van der Waals surface area (Å²) >= 11 is 0. The second-order valence-electron chi connectivity index (χ2n) is 9.56. The van der Waals surface area contributed by atoms with E-state index in [1.54, 1.807) is 0 Å². The normalized spacial score (nSPS) is 20.9. The summed E-state index contributed by atoms with van der Waals surface area (Å²) in [7, 11) is 0. The molecule has 1 fully saturated rings. The summed E-state index contributed by atoms with van der Waals surface area (Å²) in [5.41, 5.74) is 5.91. The van der Waals surface area contributed by atoms with Gasteiger partial charge >= 0.3 is 5.97 Å². The van der Waals surface area contributed by atoms with Crippen LogP contribution in [0.3, 0.4) is 0 Å². The zero-order chi connectivity index (χ0) is 27.6. The van der Waals surface area contributed by atoms with E-state index < -0.39 is 11.8 Å². The summed E-state index contributed by atoms with van der Waals surface area (Å²) in [6.45, 7) is 0.370. The van der Waals surface area contributed by atoms with Crippen LogP contribution in [-0.2, 0) is 20.9 Å². The van der Waals surface area contributed by atoms with E-state index in [-0.39, 0.29) is 35.1 Å². The second-order valence-corrected chi connectivity index (χ2v) is 9.56. The fourth-order valence-corrected chi connectivity index (χ4v) is 4.87. The molecule has 2 aromatic rings. The van der Waals surface area contributed by atoms with Crippen molar-refractivity contribution in [2.45, 2.75) is 63.6 Å². The molecule has 4 rings (SSSR count). The van der Waals surface area contributed by atoms with Crippen molar-refractivity contribution in [1.82, 2.24) is 15.8 Å². The van der Waals surface area contributed by atoms with Crippen LogP contribution < -0.4 is 10.9 Å². The first-order valence-corrected chi connectivity index (χ1v) is 13.1. The van der Waals surface area contributed by atoms with Gasteiger partial charge in [0.1, 0.15) is 6.10 Å². The quantitative estimate of drug-likeness (QED) is 0.171. The molecule has 10 nitrogen and oxygen atoms in total. The molecular formula is C29H32N4O6. The smallest absolute Gasteiger partial charge is 0.306 e. The minimum Gasteiger partial charge on any atom is -0.460 e. The van der Waals surface area contributed by atoms with Crippen LogP contribution in [0, 0.1) is 0 Å². The molecule has 2 aromatic carbocycles. The molecule has 1 saturated carbocycles. The Morgan fingerprint density at radius 2 is 1.74 bits per heavy atom. The van der Waals surface area contributed by atoms with E-state index in [4.69, 9.17) is 9.94 Å². The Morgan fingerprint density at radius 3 is 2.54 bits per heavy atom. The van der Waals surface area contributed by atoms with Crippen molar-refractivity contribution in [3.63, 3.8) is 0 Å². The number of nitrogens with zero attached hydrogens (tertiary/aromatic N) is 2. The summed E-state index contributed by atoms with van der Waals surface area (Å²) in [4.78, 5) is 51.4. The number of rotatable bonds is 6. The molecule has 0 radical (unpaired) electrons. The van der Waals surface area contributed by atoms with Gasteiger partial charge in [0.15, 0.2) is 0 Å². The van der Waals surface area contributed by atoms with Crippen LogP contribution in [0.1, 0.15) is 76.8 Å². The number of hydrogen-bond donors (Lipinski definition) is 3. The van der Waals surface area contributed by atoms with E-state index in [0.29, 0.717) is 32.2 Å². The summed E-state index contributed by atoms with van der Waals surface area (Å²) in [6.07, 6.45) is 9.47. The molecule has 0 saturated heterocycles. The first-order chi connectivity index (χ1) is 18.9. The molecule has 1 heterocycles. The van der Waals surface area contributed by atoms with Crippen molar-refractivity contribution in [2.75, 3.05) is 0 Å². The number of carbonyl (C=O) groups excluding carboxylic acids is 4. The lowest BCUT2D eigenvalue weighted by molar-refractivity contribution is -0.154. The maximum atomic E-state index is 13.2. The molecule has 39 heavy (non-hydrogen) atoms. The molecule has 0 aromatic heterocycles. The number of esters is 1. The molecule has 2 aliphatic rings. The number of nitrogens with one attached hydrogen (secondary N) is 2. The van der Waals surface area contributed by atoms with Crippen molar-refractivity contribution in [2.24, 2.45) is 5.10 Å². The van der Waals surface area contributed by atoms with Crippen LogP contribution in [0.5, 0.6) is 0 Å². The Morgan fingerprint density at radius 1 is 1.00 bits per heavy atom. The molecule has 1 aliphatic carbocycles. The van der Waals surface area contributed by atoms with Gasteiger partial charge in [-0.25, -0.2) is 10.9 Å². The first kappa shape index (κ1) is 27.7. The highest BCUT2D eigenvalue weighted by Crippen LogP contribution is 2.30. The molecule has 0 spiro atoms. The maximum Gasteiger partial charge on any atom is 0.306 e. The van der Waals surface area contributed by atoms with Gasteiger partial charge in [-0.1, -0.05) is 36.4 Å². The molecule has 0 unspecified atom stereocenters. The van der Waals surface area contributed by atoms with Gasteiger partial charge in [-0.3, -0.25) is 24.4 Å². The summed E-state index contributed by atoms with van der Waals surface area (Å²) in [6, 6.07) is 13.2. The lowest BCUT2D eigenvalue weighted by Gasteiger charge is -2.33.